The number of rotatable bonds is 3. The highest BCUT2D eigenvalue weighted by molar-refractivity contribution is 7.11. The molecule has 0 aliphatic rings. The molecule has 0 aromatic carbocycles. The highest BCUT2D eigenvalue weighted by atomic mass is 32.1. The second-order valence-electron chi connectivity index (χ2n) is 3.72. The van der Waals surface area contributed by atoms with Crippen molar-refractivity contribution in [3.8, 4) is 0 Å². The molecule has 0 amide bonds. The lowest BCUT2D eigenvalue weighted by Crippen LogP contribution is -2.13. The number of aryl methyl sites for hydroxylation is 1. The minimum absolute atomic E-state index is 0.345. The molecule has 0 unspecified atom stereocenters. The zero-order valence-corrected chi connectivity index (χ0v) is 10.4. The highest BCUT2D eigenvalue weighted by Gasteiger charge is 2.03. The number of hydrogen-bond acceptors (Lipinski definition) is 6. The lowest BCUT2D eigenvalue weighted by molar-refractivity contribution is 0.876. The average molecular weight is 262 g/mol. The van der Waals surface area contributed by atoms with E-state index in [2.05, 4.69) is 25.6 Å². The predicted octanol–water partition coefficient (Wildman–Crippen LogP) is 0.795. The topological polar surface area (TPSA) is 88.0 Å². The summed E-state index contributed by atoms with van der Waals surface area (Å²) in [7, 11) is 0. The summed E-state index contributed by atoms with van der Waals surface area (Å²) in [5, 5.41) is 14.5. The van der Waals surface area contributed by atoms with Gasteiger partial charge in [-0.2, -0.15) is 9.61 Å². The van der Waals surface area contributed by atoms with Gasteiger partial charge in [0.25, 0.3) is 0 Å². The average Bonchev–Trinajstić information content (AvgIpc) is 2.94. The van der Waals surface area contributed by atoms with Gasteiger partial charge in [0, 0.05) is 11.1 Å². The van der Waals surface area contributed by atoms with Gasteiger partial charge in [0.2, 0.25) is 0 Å². The molecule has 3 rings (SSSR count). The normalized spacial score (nSPS) is 10.9. The van der Waals surface area contributed by atoms with Crippen LogP contribution in [0.5, 0.6) is 0 Å². The zero-order valence-electron chi connectivity index (χ0n) is 9.54. The summed E-state index contributed by atoms with van der Waals surface area (Å²) in [4.78, 5) is 16.6. The van der Waals surface area contributed by atoms with Crippen LogP contribution in [0.15, 0.2) is 23.1 Å². The van der Waals surface area contributed by atoms with Gasteiger partial charge in [-0.15, -0.1) is 16.4 Å². The molecule has 0 aliphatic carbocycles. The Hall–Kier alpha value is -2.22. The van der Waals surface area contributed by atoms with Crippen molar-refractivity contribution < 1.29 is 0 Å². The molecule has 92 valence electrons. The smallest absolute Gasteiger partial charge is 0.364 e. The van der Waals surface area contributed by atoms with Crippen molar-refractivity contribution in [1.29, 1.82) is 0 Å². The van der Waals surface area contributed by atoms with E-state index in [1.54, 1.807) is 23.5 Å². The summed E-state index contributed by atoms with van der Waals surface area (Å²) >= 11 is 1.63. The number of fused-ring (bicyclic) bond motifs is 1. The maximum atomic E-state index is 11.4. The first kappa shape index (κ1) is 10.9. The molecule has 0 aliphatic heterocycles. The Kier molecular flexibility index (Phi) is 2.56. The Bertz CT molecular complexity index is 742. The molecule has 3 aromatic rings. The molecule has 0 saturated heterocycles. The Morgan fingerprint density at radius 1 is 1.50 bits per heavy atom. The molecule has 0 radical (unpaired) electrons. The maximum absolute atomic E-state index is 11.4. The number of nitrogens with zero attached hydrogens (tertiary/aromatic N) is 4. The Morgan fingerprint density at radius 3 is 3.17 bits per heavy atom. The van der Waals surface area contributed by atoms with Crippen molar-refractivity contribution >= 4 is 22.8 Å². The van der Waals surface area contributed by atoms with Crippen LogP contribution in [0.1, 0.15) is 9.88 Å². The maximum Gasteiger partial charge on any atom is 0.364 e. The van der Waals surface area contributed by atoms with Crippen molar-refractivity contribution in [1.82, 2.24) is 24.8 Å². The molecule has 3 aromatic heterocycles. The van der Waals surface area contributed by atoms with E-state index >= 15 is 0 Å². The third-order valence-corrected chi connectivity index (χ3v) is 3.30. The number of hydrogen-bond donors (Lipinski definition) is 2. The van der Waals surface area contributed by atoms with Gasteiger partial charge in [-0.25, -0.2) is 14.9 Å². The summed E-state index contributed by atoms with van der Waals surface area (Å²) < 4.78 is 1.22. The van der Waals surface area contributed by atoms with E-state index in [0.717, 1.165) is 9.88 Å². The van der Waals surface area contributed by atoms with Crippen LogP contribution in [0.25, 0.3) is 5.65 Å². The summed E-state index contributed by atoms with van der Waals surface area (Å²) in [5.41, 5.74) is 0.154. The minimum Gasteiger partial charge on any atom is -0.364 e. The van der Waals surface area contributed by atoms with E-state index in [4.69, 9.17) is 0 Å². The molecule has 0 fully saturated rings. The van der Waals surface area contributed by atoms with Crippen LogP contribution in [-0.4, -0.2) is 24.8 Å². The molecule has 2 N–H and O–H groups in total. The quantitative estimate of drug-likeness (QED) is 0.728. The molecule has 0 bridgehead atoms. The van der Waals surface area contributed by atoms with Gasteiger partial charge < -0.3 is 5.32 Å². The van der Waals surface area contributed by atoms with Crippen LogP contribution in [-0.2, 0) is 6.54 Å². The van der Waals surface area contributed by atoms with Crippen LogP contribution in [0, 0.1) is 6.92 Å². The van der Waals surface area contributed by atoms with Crippen LogP contribution < -0.4 is 11.0 Å². The Labute approximate surface area is 106 Å². The lowest BCUT2D eigenvalue weighted by atomic mass is 10.5. The third-order valence-electron chi connectivity index (χ3n) is 2.39. The van der Waals surface area contributed by atoms with Crippen LogP contribution in [0.4, 0.5) is 5.82 Å². The van der Waals surface area contributed by atoms with Gasteiger partial charge in [-0.1, -0.05) is 0 Å². The molecule has 7 nitrogen and oxygen atoms in total. The summed E-state index contributed by atoms with van der Waals surface area (Å²) in [6.45, 7) is 2.60. The molecular formula is C10H10N6OS. The van der Waals surface area contributed by atoms with Crippen LogP contribution in [0.2, 0.25) is 0 Å². The molecule has 0 saturated carbocycles. The second kappa shape index (κ2) is 4.22. The summed E-state index contributed by atoms with van der Waals surface area (Å²) in [6, 6.07) is 3.51. The van der Waals surface area contributed by atoms with E-state index < -0.39 is 0 Å². The first-order valence-corrected chi connectivity index (χ1v) is 6.14. The monoisotopic (exact) mass is 262 g/mol. The van der Waals surface area contributed by atoms with Gasteiger partial charge >= 0.3 is 5.69 Å². The number of anilines is 1. The SMILES string of the molecule is Cc1ncc(CNc2ccc3n[nH]c(=O)n3n2)s1. The van der Waals surface area contributed by atoms with Gasteiger partial charge in [-0.3, -0.25) is 0 Å². The van der Waals surface area contributed by atoms with E-state index in [0.29, 0.717) is 18.0 Å². The largest absolute Gasteiger partial charge is 0.364 e. The number of nitrogens with one attached hydrogen (secondary N) is 2. The van der Waals surface area contributed by atoms with Gasteiger partial charge in [0.05, 0.1) is 11.6 Å². The molecule has 0 spiro atoms. The van der Waals surface area contributed by atoms with Crippen molar-refractivity contribution in [3.63, 3.8) is 0 Å². The summed E-state index contributed by atoms with van der Waals surface area (Å²) in [5.74, 6) is 0.622. The minimum atomic E-state index is -0.345. The standard InChI is InChI=1S/C10H10N6OS/c1-6-11-4-7(18-6)5-12-8-2-3-9-13-14-10(17)16(9)15-8/h2-4H,5H2,1H3,(H,12,15)(H,14,17). The van der Waals surface area contributed by atoms with E-state index in [-0.39, 0.29) is 5.69 Å². The molecule has 3 heterocycles. The Morgan fingerprint density at radius 2 is 2.39 bits per heavy atom. The fourth-order valence-electron chi connectivity index (χ4n) is 1.56. The van der Waals surface area contributed by atoms with E-state index in [1.807, 2.05) is 13.1 Å². The fraction of sp³-hybridized carbons (Fsp3) is 0.200. The van der Waals surface area contributed by atoms with E-state index in [1.165, 1.54) is 4.52 Å². The summed E-state index contributed by atoms with van der Waals surface area (Å²) in [6.07, 6.45) is 1.83. The molecular weight excluding hydrogens is 252 g/mol. The third kappa shape index (κ3) is 1.97. The number of aromatic nitrogens is 5. The first-order chi connectivity index (χ1) is 8.72. The number of H-pyrrole nitrogens is 1. The van der Waals surface area contributed by atoms with Gasteiger partial charge in [0.15, 0.2) is 5.65 Å². The first-order valence-electron chi connectivity index (χ1n) is 5.32. The lowest BCUT2D eigenvalue weighted by Gasteiger charge is -2.02. The van der Waals surface area contributed by atoms with Crippen molar-refractivity contribution in [2.24, 2.45) is 0 Å². The predicted molar refractivity (Wildman–Crippen MR) is 67.8 cm³/mol. The number of aromatic amines is 1. The van der Waals surface area contributed by atoms with Crippen molar-refractivity contribution in [2.75, 3.05) is 5.32 Å². The zero-order chi connectivity index (χ0) is 12.5. The second-order valence-corrected chi connectivity index (χ2v) is 5.04. The van der Waals surface area contributed by atoms with E-state index in [9.17, 15) is 4.79 Å². The van der Waals surface area contributed by atoms with Crippen molar-refractivity contribution in [2.45, 2.75) is 13.5 Å². The highest BCUT2D eigenvalue weighted by Crippen LogP contribution is 2.13. The van der Waals surface area contributed by atoms with Crippen molar-refractivity contribution in [3.05, 3.63) is 38.7 Å². The molecule has 0 atom stereocenters. The van der Waals surface area contributed by atoms with Crippen LogP contribution in [0.3, 0.4) is 0 Å². The number of thiazole rings is 1. The van der Waals surface area contributed by atoms with Gasteiger partial charge in [-0.05, 0) is 19.1 Å². The molecule has 18 heavy (non-hydrogen) atoms. The fourth-order valence-corrected chi connectivity index (χ4v) is 2.30. The van der Waals surface area contributed by atoms with Gasteiger partial charge in [0.1, 0.15) is 5.82 Å². The Balaban J connectivity index is 1.82. The van der Waals surface area contributed by atoms with Crippen LogP contribution >= 0.6 is 11.3 Å². The molecule has 8 heteroatoms.